The van der Waals surface area contributed by atoms with Gasteiger partial charge in [-0.05, 0) is 49.6 Å². The van der Waals surface area contributed by atoms with Crippen molar-refractivity contribution >= 4 is 40.7 Å². The van der Waals surface area contributed by atoms with E-state index < -0.39 is 6.04 Å². The topological polar surface area (TPSA) is 78.5 Å². The van der Waals surface area contributed by atoms with Crippen LogP contribution in [0.15, 0.2) is 42.5 Å². The molecule has 158 valence electrons. The molecule has 0 saturated carbocycles. The van der Waals surface area contributed by atoms with Crippen molar-refractivity contribution < 1.29 is 14.4 Å². The Bertz CT molecular complexity index is 974. The van der Waals surface area contributed by atoms with Crippen LogP contribution in [0.4, 0.5) is 11.4 Å². The molecule has 30 heavy (non-hydrogen) atoms. The third-order valence-corrected chi connectivity index (χ3v) is 5.40. The van der Waals surface area contributed by atoms with Crippen LogP contribution < -0.4 is 15.5 Å². The van der Waals surface area contributed by atoms with E-state index in [1.54, 1.807) is 35.2 Å². The SMILES string of the molecule is Cc1cccc(C(=O)N[C@@H](C(=O)Nc2ccc(N3CCCC3=O)c(Cl)c2)C(C)C)c1. The molecule has 0 aromatic heterocycles. The zero-order valence-corrected chi connectivity index (χ0v) is 18.1. The lowest BCUT2D eigenvalue weighted by Crippen LogP contribution is -2.47. The van der Waals surface area contributed by atoms with Crippen molar-refractivity contribution in [2.45, 2.75) is 39.7 Å². The van der Waals surface area contributed by atoms with Crippen molar-refractivity contribution in [2.24, 2.45) is 5.92 Å². The number of carbonyl (C=O) groups excluding carboxylic acids is 3. The average Bonchev–Trinajstić information content (AvgIpc) is 3.11. The molecule has 1 aliphatic rings. The number of anilines is 2. The summed E-state index contributed by atoms with van der Waals surface area (Å²) in [5.74, 6) is -0.691. The Morgan fingerprint density at radius 2 is 1.90 bits per heavy atom. The number of hydrogen-bond acceptors (Lipinski definition) is 3. The van der Waals surface area contributed by atoms with E-state index >= 15 is 0 Å². The highest BCUT2D eigenvalue weighted by Crippen LogP contribution is 2.31. The number of hydrogen-bond donors (Lipinski definition) is 2. The molecule has 0 spiro atoms. The number of amides is 3. The zero-order valence-electron chi connectivity index (χ0n) is 17.4. The van der Waals surface area contributed by atoms with Crippen molar-refractivity contribution in [3.8, 4) is 0 Å². The summed E-state index contributed by atoms with van der Waals surface area (Å²) in [6, 6.07) is 11.6. The minimum atomic E-state index is -0.711. The molecule has 0 unspecified atom stereocenters. The quantitative estimate of drug-likeness (QED) is 0.726. The molecule has 2 aromatic carbocycles. The summed E-state index contributed by atoms with van der Waals surface area (Å²) >= 11 is 6.36. The van der Waals surface area contributed by atoms with Crippen LogP contribution in [0.1, 0.15) is 42.6 Å². The van der Waals surface area contributed by atoms with Crippen molar-refractivity contribution in [3.05, 3.63) is 58.6 Å². The van der Waals surface area contributed by atoms with Crippen molar-refractivity contribution in [3.63, 3.8) is 0 Å². The van der Waals surface area contributed by atoms with E-state index in [9.17, 15) is 14.4 Å². The van der Waals surface area contributed by atoms with Crippen LogP contribution in [0.3, 0.4) is 0 Å². The van der Waals surface area contributed by atoms with Crippen LogP contribution in [0.5, 0.6) is 0 Å². The molecule has 3 rings (SSSR count). The Balaban J connectivity index is 1.71. The van der Waals surface area contributed by atoms with E-state index in [-0.39, 0.29) is 23.6 Å². The summed E-state index contributed by atoms with van der Waals surface area (Å²) in [7, 11) is 0. The minimum Gasteiger partial charge on any atom is -0.340 e. The molecule has 2 N–H and O–H groups in total. The van der Waals surface area contributed by atoms with Crippen LogP contribution in [0.25, 0.3) is 0 Å². The van der Waals surface area contributed by atoms with E-state index in [4.69, 9.17) is 11.6 Å². The van der Waals surface area contributed by atoms with Crippen LogP contribution in [-0.2, 0) is 9.59 Å². The summed E-state index contributed by atoms with van der Waals surface area (Å²) in [6.07, 6.45) is 1.33. The Kier molecular flexibility index (Phi) is 6.77. The van der Waals surface area contributed by atoms with Crippen LogP contribution >= 0.6 is 11.6 Å². The molecule has 3 amide bonds. The van der Waals surface area contributed by atoms with Gasteiger partial charge in [-0.1, -0.05) is 43.1 Å². The summed E-state index contributed by atoms with van der Waals surface area (Å²) in [4.78, 5) is 39.1. The maximum Gasteiger partial charge on any atom is 0.251 e. The predicted molar refractivity (Wildman–Crippen MR) is 119 cm³/mol. The summed E-state index contributed by atoms with van der Waals surface area (Å²) < 4.78 is 0. The van der Waals surface area contributed by atoms with Gasteiger partial charge in [0.05, 0.1) is 10.7 Å². The van der Waals surface area contributed by atoms with Crippen LogP contribution in [-0.4, -0.2) is 30.3 Å². The monoisotopic (exact) mass is 427 g/mol. The lowest BCUT2D eigenvalue weighted by Gasteiger charge is -2.22. The van der Waals surface area contributed by atoms with Gasteiger partial charge in [0, 0.05) is 24.2 Å². The normalized spacial score (nSPS) is 14.7. The molecule has 1 heterocycles. The smallest absolute Gasteiger partial charge is 0.251 e. The van der Waals surface area contributed by atoms with Gasteiger partial charge in [-0.2, -0.15) is 0 Å². The number of halogens is 1. The largest absolute Gasteiger partial charge is 0.340 e. The number of nitrogens with one attached hydrogen (secondary N) is 2. The highest BCUT2D eigenvalue weighted by atomic mass is 35.5. The number of aryl methyl sites for hydroxylation is 1. The number of carbonyl (C=O) groups is 3. The van der Waals surface area contributed by atoms with Gasteiger partial charge in [0.15, 0.2) is 0 Å². The second-order valence-electron chi connectivity index (χ2n) is 7.87. The summed E-state index contributed by atoms with van der Waals surface area (Å²) in [6.45, 7) is 6.29. The molecular formula is C23H26ClN3O3. The molecule has 1 saturated heterocycles. The molecule has 0 aliphatic carbocycles. The number of rotatable bonds is 6. The molecule has 1 fully saturated rings. The van der Waals surface area contributed by atoms with E-state index in [0.29, 0.717) is 34.9 Å². The molecule has 6 nitrogen and oxygen atoms in total. The van der Waals surface area contributed by atoms with Gasteiger partial charge in [0.2, 0.25) is 11.8 Å². The lowest BCUT2D eigenvalue weighted by molar-refractivity contribution is -0.119. The van der Waals surface area contributed by atoms with Crippen LogP contribution in [0.2, 0.25) is 5.02 Å². The fraction of sp³-hybridized carbons (Fsp3) is 0.348. The number of benzene rings is 2. The Labute approximate surface area is 181 Å². The first kappa shape index (κ1) is 21.8. The first-order valence-corrected chi connectivity index (χ1v) is 10.4. The van der Waals surface area contributed by atoms with E-state index in [2.05, 4.69) is 10.6 Å². The minimum absolute atomic E-state index is 0.0485. The highest BCUT2D eigenvalue weighted by Gasteiger charge is 2.26. The first-order valence-electron chi connectivity index (χ1n) is 10.0. The van der Waals surface area contributed by atoms with Gasteiger partial charge in [0.1, 0.15) is 6.04 Å². The van der Waals surface area contributed by atoms with Gasteiger partial charge in [-0.3, -0.25) is 14.4 Å². The fourth-order valence-electron chi connectivity index (χ4n) is 3.47. The predicted octanol–water partition coefficient (Wildman–Crippen LogP) is 4.17. The molecule has 7 heteroatoms. The van der Waals surface area contributed by atoms with Crippen molar-refractivity contribution in [2.75, 3.05) is 16.8 Å². The fourth-order valence-corrected chi connectivity index (χ4v) is 3.75. The summed E-state index contributed by atoms with van der Waals surface area (Å²) in [5.41, 5.74) is 2.64. The molecule has 2 aromatic rings. The lowest BCUT2D eigenvalue weighted by atomic mass is 10.0. The molecular weight excluding hydrogens is 402 g/mol. The molecule has 1 aliphatic heterocycles. The maximum atomic E-state index is 12.9. The second-order valence-corrected chi connectivity index (χ2v) is 8.28. The van der Waals surface area contributed by atoms with Gasteiger partial charge in [0.25, 0.3) is 5.91 Å². The third-order valence-electron chi connectivity index (χ3n) is 5.10. The Morgan fingerprint density at radius 1 is 1.13 bits per heavy atom. The highest BCUT2D eigenvalue weighted by molar-refractivity contribution is 6.34. The Morgan fingerprint density at radius 3 is 2.50 bits per heavy atom. The summed E-state index contributed by atoms with van der Waals surface area (Å²) in [5, 5.41) is 6.04. The second kappa shape index (κ2) is 9.30. The standard InChI is InChI=1S/C23H26ClN3O3/c1-14(2)21(26-22(29)16-7-4-6-15(3)12-16)23(30)25-17-9-10-19(18(24)13-17)27-11-5-8-20(27)28/h4,6-7,9-10,12-14,21H,5,8,11H2,1-3H3,(H,25,30)(H,26,29)/t21-/m1/s1. The number of nitrogens with zero attached hydrogens (tertiary/aromatic N) is 1. The van der Waals surface area contributed by atoms with Crippen molar-refractivity contribution in [1.82, 2.24) is 5.32 Å². The van der Waals surface area contributed by atoms with Gasteiger partial charge < -0.3 is 15.5 Å². The molecule has 1 atom stereocenters. The van der Waals surface area contributed by atoms with E-state index in [0.717, 1.165) is 12.0 Å². The van der Waals surface area contributed by atoms with Gasteiger partial charge >= 0.3 is 0 Å². The zero-order chi connectivity index (χ0) is 21.8. The van der Waals surface area contributed by atoms with Gasteiger partial charge in [-0.15, -0.1) is 0 Å². The Hall–Kier alpha value is -2.86. The average molecular weight is 428 g/mol. The third kappa shape index (κ3) is 5.00. The van der Waals surface area contributed by atoms with Gasteiger partial charge in [-0.25, -0.2) is 0 Å². The molecule has 0 bridgehead atoms. The maximum absolute atomic E-state index is 12.9. The first-order chi connectivity index (χ1) is 14.3. The molecule has 0 radical (unpaired) electrons. The van der Waals surface area contributed by atoms with Crippen LogP contribution in [0, 0.1) is 12.8 Å². The van der Waals surface area contributed by atoms with Crippen molar-refractivity contribution in [1.29, 1.82) is 0 Å². The van der Waals surface area contributed by atoms with E-state index in [1.165, 1.54) is 0 Å². The van der Waals surface area contributed by atoms with E-state index in [1.807, 2.05) is 32.9 Å².